The fourth-order valence-electron chi connectivity index (χ4n) is 3.82. The van der Waals surface area contributed by atoms with Crippen molar-refractivity contribution in [3.63, 3.8) is 0 Å². The maximum atomic E-state index is 5.63. The van der Waals surface area contributed by atoms with Crippen LogP contribution in [0.25, 0.3) is 0 Å². The Hall–Kier alpha value is -0.980. The highest BCUT2D eigenvalue weighted by atomic mass is 127. The first-order valence-electron chi connectivity index (χ1n) is 10.2. The molecule has 0 fully saturated rings. The van der Waals surface area contributed by atoms with E-state index in [-0.39, 0.29) is 11.8 Å². The quantitative estimate of drug-likeness (QED) is 0.272. The van der Waals surface area contributed by atoms with Crippen LogP contribution in [0, 0.1) is 19.0 Å². The van der Waals surface area contributed by atoms with Crippen LogP contribution in [0.15, 0.2) is 24.3 Å². The van der Waals surface area contributed by atoms with Crippen molar-refractivity contribution in [2.24, 2.45) is 11.8 Å². The minimum atomic E-state index is 0.246. The van der Waals surface area contributed by atoms with Crippen molar-refractivity contribution in [1.29, 1.82) is 0 Å². The van der Waals surface area contributed by atoms with Crippen molar-refractivity contribution in [3.05, 3.63) is 42.5 Å². The first-order chi connectivity index (χ1) is 15.4. The molecule has 0 radical (unpaired) electrons. The van der Waals surface area contributed by atoms with Gasteiger partial charge < -0.3 is 28.4 Å². The second-order valence-corrected chi connectivity index (χ2v) is 9.76. The lowest BCUT2D eigenvalue weighted by molar-refractivity contribution is 0.0695. The second kappa shape index (κ2) is 13.7. The smallest absolute Gasteiger partial charge is 0.161 e. The average Bonchev–Trinajstić information content (AvgIpc) is 2.80. The lowest BCUT2D eigenvalue weighted by Crippen LogP contribution is -2.28. The summed E-state index contributed by atoms with van der Waals surface area (Å²) in [5, 5.41) is 0. The van der Waals surface area contributed by atoms with Crippen molar-refractivity contribution < 1.29 is 28.4 Å². The Labute approximate surface area is 218 Å². The van der Waals surface area contributed by atoms with Crippen LogP contribution in [0.4, 0.5) is 0 Å². The van der Waals surface area contributed by atoms with Gasteiger partial charge >= 0.3 is 0 Å². The summed E-state index contributed by atoms with van der Waals surface area (Å²) in [4.78, 5) is 0. The van der Waals surface area contributed by atoms with E-state index >= 15 is 0 Å². The molecule has 0 N–H and O–H groups in total. The fraction of sp³-hybridized carbons (Fsp3) is 0.500. The Morgan fingerprint density at radius 2 is 0.875 bits per heavy atom. The Morgan fingerprint density at radius 3 is 1.16 bits per heavy atom. The van der Waals surface area contributed by atoms with Crippen LogP contribution in [0.5, 0.6) is 23.0 Å². The van der Waals surface area contributed by atoms with E-state index in [4.69, 9.17) is 28.4 Å². The largest absolute Gasteiger partial charge is 0.493 e. The molecule has 6 nitrogen and oxygen atoms in total. The predicted octanol–water partition coefficient (Wildman–Crippen LogP) is 5.24. The maximum Gasteiger partial charge on any atom is 0.161 e. The lowest BCUT2D eigenvalue weighted by atomic mass is 9.83. The summed E-state index contributed by atoms with van der Waals surface area (Å²) in [6, 6.07) is 8.16. The number of methoxy groups -OCH3 is 6. The second-order valence-electron chi connectivity index (χ2n) is 7.44. The molecule has 0 aliphatic carbocycles. The van der Waals surface area contributed by atoms with Crippen LogP contribution in [0.2, 0.25) is 0 Å². The van der Waals surface area contributed by atoms with Gasteiger partial charge in [0.2, 0.25) is 0 Å². The zero-order chi connectivity index (χ0) is 23.7. The van der Waals surface area contributed by atoms with Crippen LogP contribution < -0.4 is 18.9 Å². The Kier molecular flexibility index (Phi) is 11.6. The van der Waals surface area contributed by atoms with Crippen molar-refractivity contribution in [2.75, 3.05) is 55.9 Å². The topological polar surface area (TPSA) is 55.4 Å². The molecule has 0 bridgehead atoms. The van der Waals surface area contributed by atoms with E-state index in [0.717, 1.165) is 43.0 Å². The first kappa shape index (κ1) is 27.3. The number of halogens is 2. The molecule has 0 unspecified atom stereocenters. The fourth-order valence-corrected chi connectivity index (χ4v) is 5.14. The summed E-state index contributed by atoms with van der Waals surface area (Å²) in [5.41, 5.74) is 2.40. The van der Waals surface area contributed by atoms with E-state index in [0.29, 0.717) is 13.2 Å². The monoisotopic (exact) mass is 670 g/mol. The van der Waals surface area contributed by atoms with Gasteiger partial charge in [0.25, 0.3) is 0 Å². The highest BCUT2D eigenvalue weighted by Crippen LogP contribution is 2.36. The number of ether oxygens (including phenoxy) is 6. The van der Waals surface area contributed by atoms with Gasteiger partial charge in [-0.1, -0.05) is 0 Å². The molecule has 32 heavy (non-hydrogen) atoms. The number of rotatable bonds is 13. The molecule has 2 rings (SSSR count). The Bertz CT molecular complexity index is 803. The first-order valence-corrected chi connectivity index (χ1v) is 12.4. The van der Waals surface area contributed by atoms with Gasteiger partial charge in [0.05, 0.1) is 28.4 Å². The zero-order valence-corrected chi connectivity index (χ0v) is 23.8. The minimum Gasteiger partial charge on any atom is -0.493 e. The van der Waals surface area contributed by atoms with E-state index in [2.05, 4.69) is 57.3 Å². The van der Waals surface area contributed by atoms with E-state index in [9.17, 15) is 0 Å². The minimum absolute atomic E-state index is 0.246. The number of hydrogen-bond acceptors (Lipinski definition) is 6. The summed E-state index contributed by atoms with van der Waals surface area (Å²) in [5.74, 6) is 3.43. The molecule has 0 saturated carbocycles. The molecule has 0 saturated heterocycles. The van der Waals surface area contributed by atoms with E-state index in [1.165, 1.54) is 11.1 Å². The molecular formula is C24H32I2O6. The Balaban J connectivity index is 2.37. The van der Waals surface area contributed by atoms with Gasteiger partial charge in [-0.15, -0.1) is 0 Å². The normalized spacial score (nSPS) is 12.9. The summed E-state index contributed by atoms with van der Waals surface area (Å²) >= 11 is 4.71. The standard InChI is InChI=1S/C24H32I2O6/c1-27-13-17(7-15-9-21(29-3)23(31-5)11-19(15)25)18(14-28-2)8-16-10-22(30-4)24(32-6)12-20(16)26/h9-12,17-18H,7-8,13-14H2,1-6H3/t17-,18-/m1/s1. The van der Waals surface area contributed by atoms with Crippen LogP contribution in [-0.4, -0.2) is 55.9 Å². The van der Waals surface area contributed by atoms with Gasteiger partial charge in [0, 0.05) is 34.6 Å². The molecule has 0 amide bonds. The summed E-state index contributed by atoms with van der Waals surface area (Å²) in [6.07, 6.45) is 1.68. The van der Waals surface area contributed by atoms with Crippen molar-refractivity contribution in [1.82, 2.24) is 0 Å². The highest BCUT2D eigenvalue weighted by Gasteiger charge is 2.26. The van der Waals surface area contributed by atoms with Gasteiger partial charge in [0.15, 0.2) is 23.0 Å². The van der Waals surface area contributed by atoms with E-state index in [1.807, 2.05) is 12.1 Å². The van der Waals surface area contributed by atoms with Crippen LogP contribution in [-0.2, 0) is 22.3 Å². The third kappa shape index (κ3) is 7.01. The van der Waals surface area contributed by atoms with Crippen LogP contribution in [0.3, 0.4) is 0 Å². The van der Waals surface area contributed by atoms with Crippen LogP contribution >= 0.6 is 45.2 Å². The van der Waals surface area contributed by atoms with Gasteiger partial charge in [-0.3, -0.25) is 0 Å². The van der Waals surface area contributed by atoms with Gasteiger partial charge in [0.1, 0.15) is 0 Å². The SMILES string of the molecule is COC[C@@H](Cc1cc(OC)c(OC)cc1I)[C@@H](COC)Cc1cc(OC)c(OC)cc1I. The number of benzene rings is 2. The average molecular weight is 670 g/mol. The lowest BCUT2D eigenvalue weighted by Gasteiger charge is -2.28. The Morgan fingerprint density at radius 1 is 0.562 bits per heavy atom. The third-order valence-corrected chi connectivity index (χ3v) is 7.51. The molecule has 0 aliphatic heterocycles. The van der Waals surface area contributed by atoms with Gasteiger partial charge in [-0.05, 0) is 105 Å². The highest BCUT2D eigenvalue weighted by molar-refractivity contribution is 14.1. The molecule has 2 atom stereocenters. The number of hydrogen-bond donors (Lipinski definition) is 0. The zero-order valence-electron chi connectivity index (χ0n) is 19.5. The molecule has 2 aromatic rings. The molecule has 0 aliphatic rings. The van der Waals surface area contributed by atoms with E-state index < -0.39 is 0 Å². The van der Waals surface area contributed by atoms with Crippen molar-refractivity contribution in [3.8, 4) is 23.0 Å². The third-order valence-electron chi connectivity index (χ3n) is 5.50. The summed E-state index contributed by atoms with van der Waals surface area (Å²) < 4.78 is 35.5. The van der Waals surface area contributed by atoms with Crippen molar-refractivity contribution in [2.45, 2.75) is 12.8 Å². The summed E-state index contributed by atoms with van der Waals surface area (Å²) in [6.45, 7) is 1.25. The molecule has 0 spiro atoms. The van der Waals surface area contributed by atoms with E-state index in [1.54, 1.807) is 42.7 Å². The molecule has 0 aromatic heterocycles. The molecule has 2 aromatic carbocycles. The molecule has 0 heterocycles. The van der Waals surface area contributed by atoms with Crippen molar-refractivity contribution >= 4 is 45.2 Å². The molecule has 178 valence electrons. The van der Waals surface area contributed by atoms with Crippen LogP contribution in [0.1, 0.15) is 11.1 Å². The molecular weight excluding hydrogens is 638 g/mol. The summed E-state index contributed by atoms with van der Waals surface area (Å²) in [7, 11) is 10.1. The molecule has 8 heteroatoms. The van der Waals surface area contributed by atoms with Gasteiger partial charge in [-0.2, -0.15) is 0 Å². The van der Waals surface area contributed by atoms with Gasteiger partial charge in [-0.25, -0.2) is 0 Å². The predicted molar refractivity (Wildman–Crippen MR) is 143 cm³/mol. The maximum absolute atomic E-state index is 5.63.